The predicted octanol–water partition coefficient (Wildman–Crippen LogP) is 4.64. The van der Waals surface area contributed by atoms with Crippen LogP contribution in [0.15, 0.2) is 57.9 Å². The lowest BCUT2D eigenvalue weighted by molar-refractivity contribution is -0.135. The largest absolute Gasteiger partial charge is 0.507 e. The third-order valence-corrected chi connectivity index (χ3v) is 6.47. The first-order valence-corrected chi connectivity index (χ1v) is 11.4. The van der Waals surface area contributed by atoms with Gasteiger partial charge >= 0.3 is 5.97 Å². The summed E-state index contributed by atoms with van der Waals surface area (Å²) in [5.74, 6) is 0.539. The first-order valence-electron chi connectivity index (χ1n) is 11.4. The topological polar surface area (TPSA) is 114 Å². The molecule has 0 fully saturated rings. The molecule has 1 aliphatic rings. The molecule has 1 aromatic heterocycles. The Balaban J connectivity index is 1.76. The molecule has 0 radical (unpaired) electrons. The summed E-state index contributed by atoms with van der Waals surface area (Å²) in [7, 11) is 6.04. The molecule has 4 aromatic rings. The van der Waals surface area contributed by atoms with Crippen LogP contribution in [0.5, 0.6) is 34.5 Å². The smallest absolute Gasteiger partial charge is 0.312 e. The monoisotopic (exact) mass is 504 g/mol. The standard InChI is InChI=1S/C28H24O9/c1-32-19-9-8-14(10-21(19)34-3)17-13-36-28-24-16(15-6-5-7-20(33-2)27(15)35-4)11-23(30)37-22(24)12-18(29)25(28)26(17)31/h5-10,12-13,16,29H,11H2,1-4H3. The minimum absolute atomic E-state index is 0.0302. The fourth-order valence-electron chi connectivity index (χ4n) is 4.79. The Kier molecular flexibility index (Phi) is 6.12. The van der Waals surface area contributed by atoms with E-state index in [9.17, 15) is 14.7 Å². The Hall–Kier alpha value is -4.66. The molecular weight excluding hydrogens is 480 g/mol. The summed E-state index contributed by atoms with van der Waals surface area (Å²) >= 11 is 0. The van der Waals surface area contributed by atoms with E-state index < -0.39 is 17.3 Å². The molecular formula is C28H24O9. The first-order chi connectivity index (χ1) is 17.9. The molecule has 5 rings (SSSR count). The van der Waals surface area contributed by atoms with Gasteiger partial charge in [0.2, 0.25) is 5.43 Å². The number of rotatable bonds is 6. The van der Waals surface area contributed by atoms with Gasteiger partial charge in [0.25, 0.3) is 0 Å². The summed E-state index contributed by atoms with van der Waals surface area (Å²) in [4.78, 5) is 26.2. The van der Waals surface area contributed by atoms with Gasteiger partial charge in [-0.3, -0.25) is 9.59 Å². The fraction of sp³-hybridized carbons (Fsp3) is 0.214. The maximum atomic E-state index is 13.7. The summed E-state index contributed by atoms with van der Waals surface area (Å²) < 4.78 is 33.1. The van der Waals surface area contributed by atoms with E-state index in [0.717, 1.165) is 0 Å². The van der Waals surface area contributed by atoms with E-state index in [0.29, 0.717) is 39.7 Å². The Morgan fingerprint density at radius 1 is 0.892 bits per heavy atom. The van der Waals surface area contributed by atoms with E-state index in [-0.39, 0.29) is 34.5 Å². The van der Waals surface area contributed by atoms with Crippen LogP contribution >= 0.6 is 0 Å². The molecule has 3 aromatic carbocycles. The molecule has 9 heteroatoms. The van der Waals surface area contributed by atoms with Gasteiger partial charge in [0, 0.05) is 23.1 Å². The highest BCUT2D eigenvalue weighted by atomic mass is 16.5. The van der Waals surface area contributed by atoms with Gasteiger partial charge in [-0.05, 0) is 23.8 Å². The molecule has 1 N–H and O–H groups in total. The van der Waals surface area contributed by atoms with Crippen molar-refractivity contribution in [3.8, 4) is 45.6 Å². The van der Waals surface area contributed by atoms with Crippen molar-refractivity contribution >= 4 is 16.9 Å². The highest BCUT2D eigenvalue weighted by Crippen LogP contribution is 2.49. The molecule has 190 valence electrons. The molecule has 0 amide bonds. The number of benzene rings is 3. The normalized spacial score (nSPS) is 14.6. The summed E-state index contributed by atoms with van der Waals surface area (Å²) in [6.07, 6.45) is 1.29. The van der Waals surface area contributed by atoms with Gasteiger partial charge in [0.1, 0.15) is 28.7 Å². The molecule has 1 unspecified atom stereocenters. The van der Waals surface area contributed by atoms with Crippen molar-refractivity contribution in [1.29, 1.82) is 0 Å². The van der Waals surface area contributed by atoms with Crippen molar-refractivity contribution < 1.29 is 38.0 Å². The van der Waals surface area contributed by atoms with Crippen LogP contribution in [0, 0.1) is 0 Å². The number of esters is 1. The summed E-state index contributed by atoms with van der Waals surface area (Å²) in [6, 6.07) is 11.6. The van der Waals surface area contributed by atoms with Gasteiger partial charge in [0.05, 0.1) is 40.4 Å². The van der Waals surface area contributed by atoms with E-state index in [4.69, 9.17) is 28.1 Å². The van der Waals surface area contributed by atoms with Gasteiger partial charge in [0.15, 0.2) is 23.0 Å². The van der Waals surface area contributed by atoms with Gasteiger partial charge in [-0.15, -0.1) is 0 Å². The highest BCUT2D eigenvalue weighted by molar-refractivity contribution is 5.94. The average Bonchev–Trinajstić information content (AvgIpc) is 2.91. The van der Waals surface area contributed by atoms with E-state index in [2.05, 4.69) is 0 Å². The number of phenols is 1. The van der Waals surface area contributed by atoms with Crippen molar-refractivity contribution in [3.05, 3.63) is 70.1 Å². The molecule has 1 atom stereocenters. The number of fused-ring (bicyclic) bond motifs is 3. The predicted molar refractivity (Wildman–Crippen MR) is 134 cm³/mol. The fourth-order valence-corrected chi connectivity index (χ4v) is 4.79. The average molecular weight is 504 g/mol. The first kappa shape index (κ1) is 24.1. The Bertz CT molecular complexity index is 1590. The number of carbonyl (C=O) groups is 1. The second-order valence-electron chi connectivity index (χ2n) is 8.37. The van der Waals surface area contributed by atoms with Crippen molar-refractivity contribution in [2.24, 2.45) is 0 Å². The summed E-state index contributed by atoms with van der Waals surface area (Å²) in [5, 5.41) is 10.8. The lowest BCUT2D eigenvalue weighted by Crippen LogP contribution is -2.22. The van der Waals surface area contributed by atoms with Crippen LogP contribution in [0.4, 0.5) is 0 Å². The third-order valence-electron chi connectivity index (χ3n) is 6.47. The maximum Gasteiger partial charge on any atom is 0.312 e. The molecule has 37 heavy (non-hydrogen) atoms. The SMILES string of the molecule is COc1ccc(-c2coc3c4c(cc(O)c3c2=O)OC(=O)CC4c2cccc(OC)c2OC)cc1OC. The van der Waals surface area contributed by atoms with Gasteiger partial charge < -0.3 is 33.2 Å². The highest BCUT2D eigenvalue weighted by Gasteiger charge is 2.35. The number of carbonyl (C=O) groups excluding carboxylic acids is 1. The number of hydrogen-bond donors (Lipinski definition) is 1. The molecule has 0 saturated carbocycles. The molecule has 0 bridgehead atoms. The molecule has 0 saturated heterocycles. The quantitative estimate of drug-likeness (QED) is 0.296. The summed E-state index contributed by atoms with van der Waals surface area (Å²) in [6.45, 7) is 0. The zero-order valence-electron chi connectivity index (χ0n) is 20.6. The Morgan fingerprint density at radius 3 is 2.35 bits per heavy atom. The van der Waals surface area contributed by atoms with Crippen LogP contribution in [-0.4, -0.2) is 39.5 Å². The van der Waals surface area contributed by atoms with Crippen LogP contribution in [0.2, 0.25) is 0 Å². The van der Waals surface area contributed by atoms with Gasteiger partial charge in [-0.1, -0.05) is 18.2 Å². The number of aromatic hydroxyl groups is 1. The third kappa shape index (κ3) is 3.88. The number of para-hydroxylation sites is 1. The second-order valence-corrected chi connectivity index (χ2v) is 8.37. The van der Waals surface area contributed by atoms with Crippen LogP contribution < -0.4 is 29.1 Å². The number of methoxy groups -OCH3 is 4. The molecule has 2 heterocycles. The Labute approximate surface area is 211 Å². The molecule has 1 aliphatic heterocycles. The van der Waals surface area contributed by atoms with Crippen molar-refractivity contribution in [3.63, 3.8) is 0 Å². The van der Waals surface area contributed by atoms with Crippen molar-refractivity contribution in [2.45, 2.75) is 12.3 Å². The second kappa shape index (κ2) is 9.42. The van der Waals surface area contributed by atoms with Crippen LogP contribution in [0.1, 0.15) is 23.5 Å². The van der Waals surface area contributed by atoms with E-state index >= 15 is 0 Å². The van der Waals surface area contributed by atoms with Crippen LogP contribution in [-0.2, 0) is 4.79 Å². The van der Waals surface area contributed by atoms with E-state index in [1.165, 1.54) is 40.8 Å². The summed E-state index contributed by atoms with van der Waals surface area (Å²) in [5.41, 5.74) is 1.50. The van der Waals surface area contributed by atoms with Gasteiger partial charge in [-0.2, -0.15) is 0 Å². The maximum absolute atomic E-state index is 13.7. The zero-order chi connectivity index (χ0) is 26.3. The van der Waals surface area contributed by atoms with E-state index in [1.54, 1.807) is 30.3 Å². The molecule has 9 nitrogen and oxygen atoms in total. The van der Waals surface area contributed by atoms with E-state index in [1.807, 2.05) is 6.07 Å². The van der Waals surface area contributed by atoms with Crippen molar-refractivity contribution in [1.82, 2.24) is 0 Å². The number of phenolic OH excluding ortho intramolecular Hbond substituents is 1. The Morgan fingerprint density at radius 2 is 1.65 bits per heavy atom. The molecule has 0 spiro atoms. The number of hydrogen-bond acceptors (Lipinski definition) is 9. The minimum atomic E-state index is -0.584. The van der Waals surface area contributed by atoms with Crippen LogP contribution in [0.3, 0.4) is 0 Å². The lowest BCUT2D eigenvalue weighted by Gasteiger charge is -2.27. The van der Waals surface area contributed by atoms with Gasteiger partial charge in [-0.25, -0.2) is 0 Å². The zero-order valence-corrected chi connectivity index (χ0v) is 20.6. The minimum Gasteiger partial charge on any atom is -0.507 e. The molecule has 0 aliphatic carbocycles. The number of ether oxygens (including phenoxy) is 5. The van der Waals surface area contributed by atoms with Crippen LogP contribution in [0.25, 0.3) is 22.1 Å². The van der Waals surface area contributed by atoms with Crippen molar-refractivity contribution in [2.75, 3.05) is 28.4 Å². The lowest BCUT2D eigenvalue weighted by atomic mass is 9.84.